The van der Waals surface area contributed by atoms with Crippen LogP contribution in [-0.4, -0.2) is 12.4 Å². The summed E-state index contributed by atoms with van der Waals surface area (Å²) in [7, 11) is 0. The lowest BCUT2D eigenvalue weighted by molar-refractivity contribution is 0.378. The minimum absolute atomic E-state index is 1.19. The van der Waals surface area contributed by atoms with Crippen LogP contribution in [0.15, 0.2) is 24.3 Å². The number of halogens is 20. The van der Waals surface area contributed by atoms with Gasteiger partial charge in [-0.25, -0.2) is 87.8 Å². The second-order valence-electron chi connectivity index (χ2n) is 11.2. The molecule has 0 spiro atoms. The summed E-state index contributed by atoms with van der Waals surface area (Å²) in [5, 5.41) is 0. The maximum absolute atomic E-state index is 15.4. The van der Waals surface area contributed by atoms with Crippen molar-refractivity contribution in [2.45, 2.75) is 12.7 Å². The quantitative estimate of drug-likeness (QED) is 0.0410. The first-order valence-corrected chi connectivity index (χ1v) is 15.9. The van der Waals surface area contributed by atoms with Crippen LogP contribution in [0.25, 0.3) is 0 Å². The fourth-order valence-electron chi connectivity index (χ4n) is 5.83. The molecule has 55 heavy (non-hydrogen) atoms. The maximum atomic E-state index is 15.4. The zero-order valence-corrected chi connectivity index (χ0v) is 27.5. The van der Waals surface area contributed by atoms with E-state index >= 15 is 35.1 Å². The van der Waals surface area contributed by atoms with Crippen molar-refractivity contribution >= 4 is 39.8 Å². The van der Waals surface area contributed by atoms with E-state index in [0.717, 1.165) is 0 Å². The minimum Gasteiger partial charge on any atom is -0.207 e. The summed E-state index contributed by atoms with van der Waals surface area (Å²) in [5.41, 5.74) is -11.4. The SMILES string of the molecule is C[SH+]Cc1ccccc1C.Fc1c(F)c(F)c([B-](c2c(F)c(F)c(F)c(F)c2F)(c2c(F)c(F)c(F)c(F)c2F)c2c(F)c(F)c(F)c(F)c2F)c(F)c1F. The largest absolute Gasteiger partial charge is 0.207 e. The summed E-state index contributed by atoms with van der Waals surface area (Å²) in [6.45, 7) is 2.17. The highest BCUT2D eigenvalue weighted by molar-refractivity contribution is 7.76. The van der Waals surface area contributed by atoms with Gasteiger partial charge >= 0.3 is 0 Å². The van der Waals surface area contributed by atoms with E-state index in [9.17, 15) is 52.7 Å². The van der Waals surface area contributed by atoms with Crippen molar-refractivity contribution in [3.05, 3.63) is 152 Å². The van der Waals surface area contributed by atoms with Crippen molar-refractivity contribution in [2.24, 2.45) is 0 Å². The molecular formula is C33H13BF20S. The molecule has 0 aliphatic carbocycles. The molecule has 0 aromatic heterocycles. The van der Waals surface area contributed by atoms with Crippen LogP contribution < -0.4 is 21.9 Å². The third kappa shape index (κ3) is 6.54. The van der Waals surface area contributed by atoms with Gasteiger partial charge in [0.25, 0.3) is 0 Å². The van der Waals surface area contributed by atoms with Crippen LogP contribution in [0, 0.1) is 123 Å². The molecule has 5 aromatic carbocycles. The Balaban J connectivity index is 0.000000583. The topological polar surface area (TPSA) is 0 Å². The van der Waals surface area contributed by atoms with Gasteiger partial charge in [-0.05, 0) is 24.2 Å². The summed E-state index contributed by atoms with van der Waals surface area (Å²) >= 11 is 1.45. The van der Waals surface area contributed by atoms with Gasteiger partial charge in [-0.2, -0.15) is 0 Å². The average Bonchev–Trinajstić information content (AvgIpc) is 3.16. The fourth-order valence-corrected chi connectivity index (χ4v) is 6.53. The van der Waals surface area contributed by atoms with Gasteiger partial charge in [-0.15, -0.1) is 21.9 Å². The zero-order valence-electron chi connectivity index (χ0n) is 26.6. The van der Waals surface area contributed by atoms with Gasteiger partial charge < -0.3 is 0 Å². The Morgan fingerprint density at radius 1 is 0.345 bits per heavy atom. The van der Waals surface area contributed by atoms with Crippen LogP contribution in [0.3, 0.4) is 0 Å². The number of thiol groups is 1. The number of benzene rings is 5. The molecule has 0 N–H and O–H groups in total. The first kappa shape index (κ1) is 42.9. The van der Waals surface area contributed by atoms with Gasteiger partial charge in [0.05, 0.1) is 6.26 Å². The summed E-state index contributed by atoms with van der Waals surface area (Å²) < 4.78 is 294. The molecule has 0 saturated carbocycles. The Morgan fingerprint density at radius 2 is 0.545 bits per heavy atom. The normalized spacial score (nSPS) is 11.6. The molecule has 0 aliphatic heterocycles. The molecule has 0 fully saturated rings. The van der Waals surface area contributed by atoms with Crippen LogP contribution in [0.1, 0.15) is 11.1 Å². The first-order chi connectivity index (χ1) is 25.5. The summed E-state index contributed by atoms with van der Waals surface area (Å²) in [6, 6.07) is 8.56. The molecule has 5 aromatic rings. The molecule has 0 unspecified atom stereocenters. The van der Waals surface area contributed by atoms with E-state index in [1.807, 2.05) is 0 Å². The molecule has 0 saturated heterocycles. The molecule has 0 radical (unpaired) electrons. The van der Waals surface area contributed by atoms with Crippen LogP contribution in [-0.2, 0) is 17.5 Å². The molecule has 0 atom stereocenters. The number of hydrogen-bond donors (Lipinski definition) is 0. The van der Waals surface area contributed by atoms with E-state index in [-0.39, 0.29) is 0 Å². The van der Waals surface area contributed by atoms with Crippen LogP contribution >= 0.6 is 0 Å². The number of hydrogen-bond acceptors (Lipinski definition) is 0. The molecular weight excluding hydrogens is 819 g/mol. The van der Waals surface area contributed by atoms with E-state index in [1.54, 1.807) is 0 Å². The minimum atomic E-state index is -7.22. The smallest absolute Gasteiger partial charge is 0.200 e. The van der Waals surface area contributed by atoms with E-state index in [2.05, 4.69) is 37.4 Å². The third-order valence-electron chi connectivity index (χ3n) is 8.30. The van der Waals surface area contributed by atoms with Gasteiger partial charge in [0.15, 0.2) is 69.8 Å². The van der Waals surface area contributed by atoms with Crippen molar-refractivity contribution in [3.63, 3.8) is 0 Å². The Hall–Kier alpha value is -4.89. The predicted molar refractivity (Wildman–Crippen MR) is 159 cm³/mol. The van der Waals surface area contributed by atoms with Crippen LogP contribution in [0.5, 0.6) is 0 Å². The fraction of sp³-hybridized carbons (Fsp3) is 0.0909. The zero-order chi connectivity index (χ0) is 41.8. The average molecular weight is 832 g/mol. The van der Waals surface area contributed by atoms with Crippen LogP contribution in [0.2, 0.25) is 0 Å². The van der Waals surface area contributed by atoms with Crippen molar-refractivity contribution in [2.75, 3.05) is 6.26 Å². The van der Waals surface area contributed by atoms with Crippen molar-refractivity contribution in [1.29, 1.82) is 0 Å². The van der Waals surface area contributed by atoms with E-state index in [4.69, 9.17) is 0 Å². The Labute approximate surface area is 298 Å². The van der Waals surface area contributed by atoms with E-state index in [1.165, 1.54) is 28.6 Å². The monoisotopic (exact) mass is 832 g/mol. The molecule has 0 heterocycles. The summed E-state index contributed by atoms with van der Waals surface area (Å²) in [6.07, 6.45) is -5.03. The van der Waals surface area contributed by atoms with Gasteiger partial charge in [-0.1, -0.05) is 24.3 Å². The second-order valence-corrected chi connectivity index (χ2v) is 12.1. The summed E-state index contributed by atoms with van der Waals surface area (Å²) in [5.74, 6) is -70.2. The molecule has 0 amide bonds. The lowest BCUT2D eigenvalue weighted by Crippen LogP contribution is -2.81. The first-order valence-electron chi connectivity index (χ1n) is 14.4. The molecule has 294 valence electrons. The Morgan fingerprint density at radius 3 is 0.745 bits per heavy atom. The van der Waals surface area contributed by atoms with Gasteiger partial charge in [0.1, 0.15) is 58.4 Å². The lowest BCUT2D eigenvalue weighted by Gasteiger charge is -2.44. The third-order valence-corrected chi connectivity index (χ3v) is 8.95. The van der Waals surface area contributed by atoms with Gasteiger partial charge in [-0.3, -0.25) is 0 Å². The van der Waals surface area contributed by atoms with Gasteiger partial charge in [0.2, 0.25) is 0 Å². The lowest BCUT2D eigenvalue weighted by atomic mass is 9.12. The highest BCUT2D eigenvalue weighted by Gasteiger charge is 2.52. The van der Waals surface area contributed by atoms with Crippen molar-refractivity contribution < 1.29 is 87.8 Å². The Kier molecular flexibility index (Phi) is 12.2. The van der Waals surface area contributed by atoms with Crippen molar-refractivity contribution in [3.8, 4) is 0 Å². The summed E-state index contributed by atoms with van der Waals surface area (Å²) in [4.78, 5) is 0. The number of aryl methyl sites for hydroxylation is 1. The van der Waals surface area contributed by atoms with Crippen LogP contribution in [0.4, 0.5) is 87.8 Å². The standard InChI is InChI=1S/C24BF20.C9H12S/c26-5-1(6(27)14(35)21(42)13(5)34)25(2-7(28)15(36)22(43)16(37)8(2)29,3-9(30)17(38)23(44)18(39)10(3)31)4-11(32)19(40)24(45)20(41)12(4)33;1-8-5-3-4-6-9(8)7-10-2/h;3-6H,7H2,1-2H3/q-1;/p+1. The maximum Gasteiger partial charge on any atom is 0.200 e. The Bertz CT molecular complexity index is 1980. The molecule has 22 heteroatoms. The second kappa shape index (κ2) is 15.7. The molecule has 0 nitrogen and oxygen atoms in total. The molecule has 0 aliphatic rings. The van der Waals surface area contributed by atoms with E-state index in [0.29, 0.717) is 0 Å². The highest BCUT2D eigenvalue weighted by atomic mass is 32.2. The molecule has 5 rings (SSSR count). The van der Waals surface area contributed by atoms with Gasteiger partial charge in [0, 0.05) is 5.56 Å². The molecule has 0 bridgehead atoms. The predicted octanol–water partition coefficient (Wildman–Crippen LogP) is 7.79. The highest BCUT2D eigenvalue weighted by Crippen LogP contribution is 2.30. The van der Waals surface area contributed by atoms with Crippen molar-refractivity contribution in [1.82, 2.24) is 0 Å². The number of rotatable bonds is 6. The van der Waals surface area contributed by atoms with E-state index < -0.39 is 144 Å².